The summed E-state index contributed by atoms with van der Waals surface area (Å²) in [5, 5.41) is 4.65. The number of benzene rings is 1. The van der Waals surface area contributed by atoms with E-state index in [0.717, 1.165) is 26.9 Å². The van der Waals surface area contributed by atoms with E-state index in [1.54, 1.807) is 13.1 Å². The van der Waals surface area contributed by atoms with E-state index in [1.807, 2.05) is 18.2 Å². The van der Waals surface area contributed by atoms with Gasteiger partial charge in [0.25, 0.3) is 5.89 Å². The summed E-state index contributed by atoms with van der Waals surface area (Å²) < 4.78 is 15.8. The van der Waals surface area contributed by atoms with Crippen LogP contribution in [0.3, 0.4) is 0 Å². The van der Waals surface area contributed by atoms with Crippen LogP contribution >= 0.6 is 11.3 Å². The van der Waals surface area contributed by atoms with Gasteiger partial charge in [0.15, 0.2) is 17.3 Å². The van der Waals surface area contributed by atoms with Gasteiger partial charge in [0.2, 0.25) is 6.79 Å². The van der Waals surface area contributed by atoms with Crippen molar-refractivity contribution in [1.82, 2.24) is 15.1 Å². The number of rotatable bonds is 2. The second kappa shape index (κ2) is 4.31. The minimum absolute atomic E-state index is 0.267. The molecule has 0 spiro atoms. The summed E-state index contributed by atoms with van der Waals surface area (Å²) in [6, 6.07) is 5.76. The Bertz CT molecular complexity index is 781. The van der Waals surface area contributed by atoms with Crippen molar-refractivity contribution in [2.75, 3.05) is 6.79 Å². The molecule has 100 valence electrons. The molecule has 3 aromatic rings. The summed E-state index contributed by atoms with van der Waals surface area (Å²) in [6.07, 6.45) is 1.73. The van der Waals surface area contributed by atoms with Crippen LogP contribution in [0.25, 0.3) is 21.3 Å². The minimum atomic E-state index is 0.267. The third kappa shape index (κ3) is 1.83. The van der Waals surface area contributed by atoms with Crippen molar-refractivity contribution in [1.29, 1.82) is 0 Å². The van der Waals surface area contributed by atoms with Crippen molar-refractivity contribution in [2.45, 2.75) is 6.92 Å². The van der Waals surface area contributed by atoms with Gasteiger partial charge in [0, 0.05) is 5.56 Å². The Morgan fingerprint density at radius 2 is 2.10 bits per heavy atom. The van der Waals surface area contributed by atoms with Gasteiger partial charge in [-0.3, -0.25) is 0 Å². The second-order valence-corrected chi connectivity index (χ2v) is 5.28. The topological polar surface area (TPSA) is 70.3 Å². The molecule has 0 aliphatic carbocycles. The van der Waals surface area contributed by atoms with Gasteiger partial charge in [0.1, 0.15) is 9.88 Å². The summed E-state index contributed by atoms with van der Waals surface area (Å²) in [5.41, 5.74) is 0.974. The molecule has 1 aliphatic rings. The largest absolute Gasteiger partial charge is 0.454 e. The zero-order valence-corrected chi connectivity index (χ0v) is 11.3. The Labute approximate surface area is 118 Å². The summed E-state index contributed by atoms with van der Waals surface area (Å²) in [7, 11) is 0. The zero-order valence-electron chi connectivity index (χ0n) is 10.5. The van der Waals surface area contributed by atoms with Crippen LogP contribution < -0.4 is 9.47 Å². The number of ether oxygens (including phenoxy) is 2. The molecule has 2 aromatic heterocycles. The van der Waals surface area contributed by atoms with E-state index >= 15 is 0 Å². The van der Waals surface area contributed by atoms with Crippen LogP contribution in [0.1, 0.15) is 5.82 Å². The Hall–Kier alpha value is -2.41. The molecular weight excluding hydrogens is 278 g/mol. The van der Waals surface area contributed by atoms with Crippen LogP contribution in [0.15, 0.2) is 28.9 Å². The first-order valence-electron chi connectivity index (χ1n) is 5.96. The smallest absolute Gasteiger partial charge is 0.269 e. The van der Waals surface area contributed by atoms with E-state index in [4.69, 9.17) is 14.0 Å². The molecule has 0 amide bonds. The standard InChI is InChI=1S/C13H9N3O3S/c1-7-15-12(19-16-7)11-5-14-13(20-11)8-2-3-9-10(4-8)18-6-17-9/h2-5H,6H2,1H3. The maximum Gasteiger partial charge on any atom is 0.269 e. The molecule has 0 N–H and O–H groups in total. The number of fused-ring (bicyclic) bond motifs is 1. The van der Waals surface area contributed by atoms with Crippen LogP contribution in [0, 0.1) is 6.92 Å². The van der Waals surface area contributed by atoms with Gasteiger partial charge < -0.3 is 14.0 Å². The second-order valence-electron chi connectivity index (χ2n) is 4.24. The molecule has 20 heavy (non-hydrogen) atoms. The van der Waals surface area contributed by atoms with E-state index in [-0.39, 0.29) is 6.79 Å². The summed E-state index contributed by atoms with van der Waals surface area (Å²) in [4.78, 5) is 9.43. The fourth-order valence-corrected chi connectivity index (χ4v) is 2.77. The number of thiazole rings is 1. The highest BCUT2D eigenvalue weighted by atomic mass is 32.1. The lowest BCUT2D eigenvalue weighted by Crippen LogP contribution is -1.92. The maximum absolute atomic E-state index is 5.37. The summed E-state index contributed by atoms with van der Waals surface area (Å²) in [5.74, 6) is 2.61. The van der Waals surface area contributed by atoms with Crippen molar-refractivity contribution < 1.29 is 14.0 Å². The molecule has 7 heteroatoms. The van der Waals surface area contributed by atoms with Crippen LogP contribution in [0.2, 0.25) is 0 Å². The van der Waals surface area contributed by atoms with Gasteiger partial charge in [-0.1, -0.05) is 5.16 Å². The Morgan fingerprint density at radius 1 is 1.20 bits per heavy atom. The molecule has 1 aliphatic heterocycles. The van der Waals surface area contributed by atoms with E-state index in [1.165, 1.54) is 11.3 Å². The summed E-state index contributed by atoms with van der Waals surface area (Å²) >= 11 is 1.49. The molecule has 3 heterocycles. The third-order valence-corrected chi connectivity index (χ3v) is 3.90. The first kappa shape index (κ1) is 11.4. The molecule has 0 atom stereocenters. The van der Waals surface area contributed by atoms with E-state index in [9.17, 15) is 0 Å². The highest BCUT2D eigenvalue weighted by Gasteiger charge is 2.16. The number of aryl methyl sites for hydroxylation is 1. The number of aromatic nitrogens is 3. The van der Waals surface area contributed by atoms with Gasteiger partial charge in [-0.25, -0.2) is 4.98 Å². The SMILES string of the molecule is Cc1noc(-c2cnc(-c3ccc4c(c3)OCO4)s2)n1. The highest BCUT2D eigenvalue weighted by molar-refractivity contribution is 7.18. The van der Waals surface area contributed by atoms with Gasteiger partial charge in [0.05, 0.1) is 6.20 Å². The Morgan fingerprint density at radius 3 is 2.95 bits per heavy atom. The van der Waals surface area contributed by atoms with Crippen molar-refractivity contribution >= 4 is 11.3 Å². The van der Waals surface area contributed by atoms with E-state index in [0.29, 0.717) is 11.7 Å². The summed E-state index contributed by atoms with van der Waals surface area (Å²) in [6.45, 7) is 2.05. The number of hydrogen-bond donors (Lipinski definition) is 0. The van der Waals surface area contributed by atoms with Gasteiger partial charge in [-0.2, -0.15) is 4.98 Å². The van der Waals surface area contributed by atoms with Crippen LogP contribution in [0.4, 0.5) is 0 Å². The quantitative estimate of drug-likeness (QED) is 0.721. The lowest BCUT2D eigenvalue weighted by atomic mass is 10.2. The lowest BCUT2D eigenvalue weighted by molar-refractivity contribution is 0.174. The number of nitrogens with zero attached hydrogens (tertiary/aromatic N) is 3. The molecule has 0 bridgehead atoms. The molecule has 6 nitrogen and oxygen atoms in total. The zero-order chi connectivity index (χ0) is 13.5. The Kier molecular flexibility index (Phi) is 2.46. The molecule has 0 saturated carbocycles. The molecule has 0 radical (unpaired) electrons. The highest BCUT2D eigenvalue weighted by Crippen LogP contribution is 2.38. The first-order valence-corrected chi connectivity index (χ1v) is 6.78. The number of hydrogen-bond acceptors (Lipinski definition) is 7. The third-order valence-electron chi connectivity index (χ3n) is 2.86. The predicted molar refractivity (Wildman–Crippen MR) is 71.7 cm³/mol. The molecule has 1 aromatic carbocycles. The van der Waals surface area contributed by atoms with Gasteiger partial charge in [-0.15, -0.1) is 11.3 Å². The average molecular weight is 287 g/mol. The van der Waals surface area contributed by atoms with E-state index in [2.05, 4.69) is 15.1 Å². The van der Waals surface area contributed by atoms with Crippen molar-refractivity contribution in [3.63, 3.8) is 0 Å². The Balaban J connectivity index is 1.71. The molecule has 0 unspecified atom stereocenters. The monoisotopic (exact) mass is 287 g/mol. The van der Waals surface area contributed by atoms with E-state index < -0.39 is 0 Å². The van der Waals surface area contributed by atoms with Crippen molar-refractivity contribution in [2.24, 2.45) is 0 Å². The maximum atomic E-state index is 5.37. The molecular formula is C13H9N3O3S. The molecule has 4 rings (SSSR count). The fraction of sp³-hybridized carbons (Fsp3) is 0.154. The average Bonchev–Trinajstić information content (AvgIpc) is 3.17. The van der Waals surface area contributed by atoms with Gasteiger partial charge >= 0.3 is 0 Å². The van der Waals surface area contributed by atoms with Gasteiger partial charge in [-0.05, 0) is 25.1 Å². The van der Waals surface area contributed by atoms with Crippen molar-refractivity contribution in [3.05, 3.63) is 30.2 Å². The minimum Gasteiger partial charge on any atom is -0.454 e. The van der Waals surface area contributed by atoms with Crippen LogP contribution in [-0.2, 0) is 0 Å². The first-order chi connectivity index (χ1) is 9.79. The van der Waals surface area contributed by atoms with Crippen molar-refractivity contribution in [3.8, 4) is 32.8 Å². The molecule has 0 fully saturated rings. The normalized spacial score (nSPS) is 12.8. The predicted octanol–water partition coefficient (Wildman–Crippen LogP) is 2.90. The van der Waals surface area contributed by atoms with Crippen LogP contribution in [-0.4, -0.2) is 21.9 Å². The van der Waals surface area contributed by atoms with Crippen LogP contribution in [0.5, 0.6) is 11.5 Å². The molecule has 0 saturated heterocycles. The fourth-order valence-electron chi connectivity index (χ4n) is 1.93. The lowest BCUT2D eigenvalue weighted by Gasteiger charge is -1.98.